The summed E-state index contributed by atoms with van der Waals surface area (Å²) >= 11 is 0. The molecule has 1 aromatic heterocycles. The molecule has 0 radical (unpaired) electrons. The number of aryl methyl sites for hydroxylation is 1. The van der Waals surface area contributed by atoms with Crippen LogP contribution in [0.1, 0.15) is 48.2 Å². The molecule has 1 aliphatic rings. The van der Waals surface area contributed by atoms with E-state index in [2.05, 4.69) is 56.7 Å². The Bertz CT molecular complexity index is 858. The molecule has 0 bridgehead atoms. The summed E-state index contributed by atoms with van der Waals surface area (Å²) in [7, 11) is 3.49. The third-order valence-electron chi connectivity index (χ3n) is 5.59. The number of pyridine rings is 1. The van der Waals surface area contributed by atoms with Crippen LogP contribution in [0.15, 0.2) is 35.5 Å². The number of rotatable bonds is 6. The van der Waals surface area contributed by atoms with E-state index in [4.69, 9.17) is 4.74 Å². The summed E-state index contributed by atoms with van der Waals surface area (Å²) in [5.74, 6) is 1.65. The molecular weight excluding hydrogens is 362 g/mol. The van der Waals surface area contributed by atoms with Crippen LogP contribution >= 0.6 is 0 Å². The van der Waals surface area contributed by atoms with Gasteiger partial charge in [0.25, 0.3) is 0 Å². The third-order valence-corrected chi connectivity index (χ3v) is 5.59. The molecule has 1 aliphatic heterocycles. The van der Waals surface area contributed by atoms with Crippen LogP contribution in [0.5, 0.6) is 5.75 Å². The lowest BCUT2D eigenvalue weighted by Gasteiger charge is -2.22. The number of hydrogen-bond donors (Lipinski definition) is 2. The summed E-state index contributed by atoms with van der Waals surface area (Å²) in [5, 5.41) is 6.87. The van der Waals surface area contributed by atoms with Crippen LogP contribution in [-0.4, -0.2) is 38.2 Å². The Balaban J connectivity index is 1.64. The Kier molecular flexibility index (Phi) is 6.96. The Labute approximate surface area is 174 Å². The van der Waals surface area contributed by atoms with Gasteiger partial charge < -0.3 is 20.3 Å². The van der Waals surface area contributed by atoms with Crippen molar-refractivity contribution in [3.8, 4) is 5.75 Å². The summed E-state index contributed by atoms with van der Waals surface area (Å²) in [4.78, 5) is 11.4. The minimum atomic E-state index is 0.144. The van der Waals surface area contributed by atoms with E-state index in [0.29, 0.717) is 6.54 Å². The molecule has 1 aromatic carbocycles. The minimum Gasteiger partial charge on any atom is -0.496 e. The molecule has 0 spiro atoms. The van der Waals surface area contributed by atoms with E-state index in [1.807, 2.05) is 20.0 Å². The van der Waals surface area contributed by atoms with Crippen LogP contribution in [0, 0.1) is 13.8 Å². The van der Waals surface area contributed by atoms with Gasteiger partial charge >= 0.3 is 0 Å². The van der Waals surface area contributed by atoms with E-state index >= 15 is 0 Å². The molecule has 1 saturated heterocycles. The predicted octanol–water partition coefficient (Wildman–Crippen LogP) is 3.73. The topological polar surface area (TPSA) is 61.8 Å². The molecule has 2 heterocycles. The van der Waals surface area contributed by atoms with Gasteiger partial charge in [-0.3, -0.25) is 9.98 Å². The molecule has 2 N–H and O–H groups in total. The van der Waals surface area contributed by atoms with Crippen molar-refractivity contribution in [2.24, 2.45) is 4.99 Å². The molecule has 1 unspecified atom stereocenters. The second kappa shape index (κ2) is 9.63. The molecular formula is C23H33N5O. The van der Waals surface area contributed by atoms with Crippen molar-refractivity contribution in [2.75, 3.05) is 32.1 Å². The first kappa shape index (κ1) is 21.0. The smallest absolute Gasteiger partial charge is 0.191 e. The van der Waals surface area contributed by atoms with Crippen molar-refractivity contribution >= 4 is 11.6 Å². The largest absolute Gasteiger partial charge is 0.496 e. The number of nitrogens with one attached hydrogen (secondary N) is 2. The molecule has 0 amide bonds. The molecule has 29 heavy (non-hydrogen) atoms. The SMILES string of the molecule is CN=C(NCc1ncc(C)c(OC)c1C)NC(C)c1cccc(N2CCCC2)c1. The zero-order valence-corrected chi connectivity index (χ0v) is 18.2. The van der Waals surface area contributed by atoms with Crippen molar-refractivity contribution in [1.29, 1.82) is 0 Å². The molecule has 6 nitrogen and oxygen atoms in total. The molecule has 1 fully saturated rings. The molecule has 2 aromatic rings. The van der Waals surface area contributed by atoms with Gasteiger partial charge in [0.05, 0.1) is 25.4 Å². The number of guanidine groups is 1. The standard InChI is InChI=1S/C23H33N5O/c1-16-14-25-21(17(2)22(16)29-5)15-26-23(24-4)27-18(3)19-9-8-10-20(13-19)28-11-6-7-12-28/h8-10,13-14,18H,6-7,11-12,15H2,1-5H3,(H2,24,26,27). The normalized spacial score (nSPS) is 15.3. The maximum Gasteiger partial charge on any atom is 0.191 e. The third kappa shape index (κ3) is 5.00. The fourth-order valence-electron chi connectivity index (χ4n) is 3.87. The van der Waals surface area contributed by atoms with Crippen LogP contribution in [-0.2, 0) is 6.54 Å². The molecule has 3 rings (SSSR count). The average Bonchev–Trinajstić information content (AvgIpc) is 3.27. The lowest BCUT2D eigenvalue weighted by molar-refractivity contribution is 0.406. The lowest BCUT2D eigenvalue weighted by Crippen LogP contribution is -2.38. The van der Waals surface area contributed by atoms with E-state index in [-0.39, 0.29) is 6.04 Å². The van der Waals surface area contributed by atoms with Crippen molar-refractivity contribution in [1.82, 2.24) is 15.6 Å². The zero-order chi connectivity index (χ0) is 20.8. The number of methoxy groups -OCH3 is 1. The van der Waals surface area contributed by atoms with Crippen LogP contribution in [0.25, 0.3) is 0 Å². The highest BCUT2D eigenvalue weighted by Gasteiger charge is 2.15. The minimum absolute atomic E-state index is 0.144. The highest BCUT2D eigenvalue weighted by atomic mass is 16.5. The lowest BCUT2D eigenvalue weighted by atomic mass is 10.1. The average molecular weight is 396 g/mol. The molecule has 6 heteroatoms. The second-order valence-corrected chi connectivity index (χ2v) is 7.63. The number of aromatic nitrogens is 1. The highest BCUT2D eigenvalue weighted by Crippen LogP contribution is 2.25. The quantitative estimate of drug-likeness (QED) is 0.576. The van der Waals surface area contributed by atoms with Gasteiger partial charge in [0.15, 0.2) is 5.96 Å². The fourth-order valence-corrected chi connectivity index (χ4v) is 3.87. The number of nitrogens with zero attached hydrogens (tertiary/aromatic N) is 3. The number of ether oxygens (including phenoxy) is 1. The Morgan fingerprint density at radius 3 is 2.72 bits per heavy atom. The first-order valence-electron chi connectivity index (χ1n) is 10.3. The number of benzene rings is 1. The van der Waals surface area contributed by atoms with Gasteiger partial charge in [-0.1, -0.05) is 12.1 Å². The van der Waals surface area contributed by atoms with E-state index in [1.54, 1.807) is 14.2 Å². The van der Waals surface area contributed by atoms with Crippen molar-refractivity contribution in [3.63, 3.8) is 0 Å². The summed E-state index contributed by atoms with van der Waals surface area (Å²) in [5.41, 5.74) is 5.62. The van der Waals surface area contributed by atoms with Crippen LogP contribution < -0.4 is 20.3 Å². The monoisotopic (exact) mass is 395 g/mol. The Hall–Kier alpha value is -2.76. The fraction of sp³-hybridized carbons (Fsp3) is 0.478. The van der Waals surface area contributed by atoms with Gasteiger partial charge in [-0.15, -0.1) is 0 Å². The Morgan fingerprint density at radius 1 is 1.28 bits per heavy atom. The van der Waals surface area contributed by atoms with Crippen molar-refractivity contribution in [3.05, 3.63) is 52.8 Å². The predicted molar refractivity (Wildman–Crippen MR) is 120 cm³/mol. The summed E-state index contributed by atoms with van der Waals surface area (Å²) in [6.45, 7) is 9.10. The molecule has 1 atom stereocenters. The van der Waals surface area contributed by atoms with Crippen LogP contribution in [0.4, 0.5) is 5.69 Å². The van der Waals surface area contributed by atoms with Gasteiger partial charge in [-0.2, -0.15) is 0 Å². The molecule has 0 saturated carbocycles. The summed E-state index contributed by atoms with van der Waals surface area (Å²) in [6.07, 6.45) is 4.42. The van der Waals surface area contributed by atoms with Gasteiger partial charge in [-0.25, -0.2) is 0 Å². The zero-order valence-electron chi connectivity index (χ0n) is 18.2. The van der Waals surface area contributed by atoms with Crippen LogP contribution in [0.3, 0.4) is 0 Å². The van der Waals surface area contributed by atoms with E-state index < -0.39 is 0 Å². The van der Waals surface area contributed by atoms with E-state index in [0.717, 1.165) is 41.6 Å². The number of hydrogen-bond acceptors (Lipinski definition) is 4. The molecule has 156 valence electrons. The van der Waals surface area contributed by atoms with Gasteiger partial charge in [0, 0.05) is 43.1 Å². The van der Waals surface area contributed by atoms with E-state index in [9.17, 15) is 0 Å². The van der Waals surface area contributed by atoms with Crippen molar-refractivity contribution in [2.45, 2.75) is 46.2 Å². The van der Waals surface area contributed by atoms with Crippen molar-refractivity contribution < 1.29 is 4.74 Å². The van der Waals surface area contributed by atoms with Crippen LogP contribution in [0.2, 0.25) is 0 Å². The maximum atomic E-state index is 5.51. The first-order chi connectivity index (χ1) is 14.0. The molecule has 0 aliphatic carbocycles. The number of anilines is 1. The van der Waals surface area contributed by atoms with E-state index in [1.165, 1.54) is 24.1 Å². The summed E-state index contributed by atoms with van der Waals surface area (Å²) in [6, 6.07) is 8.94. The second-order valence-electron chi connectivity index (χ2n) is 7.63. The summed E-state index contributed by atoms with van der Waals surface area (Å²) < 4.78 is 5.51. The number of aliphatic imine (C=N–C) groups is 1. The first-order valence-corrected chi connectivity index (χ1v) is 10.3. The van der Waals surface area contributed by atoms with Gasteiger partial charge in [-0.05, 0) is 51.3 Å². The highest BCUT2D eigenvalue weighted by molar-refractivity contribution is 5.80. The Morgan fingerprint density at radius 2 is 2.03 bits per heavy atom. The van der Waals surface area contributed by atoms with Gasteiger partial charge in [0.1, 0.15) is 5.75 Å². The maximum absolute atomic E-state index is 5.51. The van der Waals surface area contributed by atoms with Gasteiger partial charge in [0.2, 0.25) is 0 Å².